The first-order valence-electron chi connectivity index (χ1n) is 3.86. The number of hydrogen-bond donors (Lipinski definition) is 4. The van der Waals surface area contributed by atoms with Gasteiger partial charge in [-0.15, -0.1) is 0 Å². The average Bonchev–Trinajstić information content (AvgIpc) is 2.52. The molecule has 1 rings (SSSR count). The fourth-order valence-electron chi connectivity index (χ4n) is 0.888. The van der Waals surface area contributed by atoms with Gasteiger partial charge in [-0.1, -0.05) is 0 Å². The molecule has 14 heavy (non-hydrogen) atoms. The Morgan fingerprint density at radius 2 is 2.36 bits per heavy atom. The molecule has 0 saturated heterocycles. The largest absolute Gasteiger partial charge is 0.477 e. The monoisotopic (exact) mass is 198 g/mol. The van der Waals surface area contributed by atoms with E-state index in [4.69, 9.17) is 5.11 Å². The van der Waals surface area contributed by atoms with Crippen molar-refractivity contribution < 1.29 is 14.7 Å². The van der Waals surface area contributed by atoms with E-state index in [1.165, 1.54) is 0 Å². The van der Waals surface area contributed by atoms with Crippen molar-refractivity contribution in [3.8, 4) is 0 Å². The number of aromatic amines is 1. The van der Waals surface area contributed by atoms with Crippen molar-refractivity contribution in [3.63, 3.8) is 0 Å². The number of rotatable bonds is 4. The Hall–Kier alpha value is -1.89. The Bertz CT molecular complexity index is 346. The number of nitrogens with one attached hydrogen (secondary N) is 3. The smallest absolute Gasteiger partial charge is 0.341 e. The quantitative estimate of drug-likeness (QED) is 0.510. The third-order valence-electron chi connectivity index (χ3n) is 1.47. The van der Waals surface area contributed by atoms with Crippen LogP contribution in [0.4, 0.5) is 5.82 Å². The van der Waals surface area contributed by atoms with Crippen LogP contribution < -0.4 is 10.6 Å². The molecule has 0 unspecified atom stereocenters. The predicted molar refractivity (Wildman–Crippen MR) is 48.1 cm³/mol. The molecule has 0 aromatic carbocycles. The Kier molecular flexibility index (Phi) is 3.19. The van der Waals surface area contributed by atoms with Crippen LogP contribution in [0, 0.1) is 0 Å². The molecule has 4 N–H and O–H groups in total. The van der Waals surface area contributed by atoms with Crippen molar-refractivity contribution in [1.29, 1.82) is 0 Å². The molecule has 0 aliphatic carbocycles. The minimum Gasteiger partial charge on any atom is -0.477 e. The predicted octanol–water partition coefficient (Wildman–Crippen LogP) is -0.734. The molecule has 1 aromatic heterocycles. The standard InChI is InChI=1S/C7H10N4O3/c1-8-3-5(12)10-6-4(7(13)14)2-9-11-6/h2,8H,3H2,1H3,(H,13,14)(H2,9,10,11,12). The highest BCUT2D eigenvalue weighted by Gasteiger charge is 2.13. The first-order chi connectivity index (χ1) is 6.65. The van der Waals surface area contributed by atoms with Crippen molar-refractivity contribution >= 4 is 17.7 Å². The van der Waals surface area contributed by atoms with Gasteiger partial charge in [0.05, 0.1) is 12.7 Å². The van der Waals surface area contributed by atoms with Gasteiger partial charge >= 0.3 is 5.97 Å². The topological polar surface area (TPSA) is 107 Å². The van der Waals surface area contributed by atoms with Gasteiger partial charge in [-0.3, -0.25) is 9.89 Å². The number of aromatic nitrogens is 2. The van der Waals surface area contributed by atoms with Crippen LogP contribution in [0.2, 0.25) is 0 Å². The third kappa shape index (κ3) is 2.30. The molecule has 0 aliphatic rings. The summed E-state index contributed by atoms with van der Waals surface area (Å²) in [6.07, 6.45) is 1.14. The number of carboxylic acid groups (broad SMARTS) is 1. The molecule has 76 valence electrons. The number of nitrogens with zero attached hydrogens (tertiary/aromatic N) is 1. The maximum absolute atomic E-state index is 11.1. The summed E-state index contributed by atoms with van der Waals surface area (Å²) < 4.78 is 0. The van der Waals surface area contributed by atoms with E-state index in [1.807, 2.05) is 0 Å². The van der Waals surface area contributed by atoms with Gasteiger partial charge in [0, 0.05) is 0 Å². The van der Waals surface area contributed by atoms with Crippen molar-refractivity contribution in [2.24, 2.45) is 0 Å². The van der Waals surface area contributed by atoms with E-state index in [9.17, 15) is 9.59 Å². The zero-order valence-electron chi connectivity index (χ0n) is 7.50. The summed E-state index contributed by atoms with van der Waals surface area (Å²) in [6.45, 7) is 0.109. The number of aromatic carboxylic acids is 1. The SMILES string of the molecule is CNCC(=O)Nc1[nH]ncc1C(=O)O. The maximum Gasteiger partial charge on any atom is 0.341 e. The number of carbonyl (C=O) groups excluding carboxylic acids is 1. The number of H-pyrrole nitrogens is 1. The highest BCUT2D eigenvalue weighted by Crippen LogP contribution is 2.09. The number of amides is 1. The number of carbonyl (C=O) groups is 2. The lowest BCUT2D eigenvalue weighted by atomic mass is 10.3. The normalized spacial score (nSPS) is 9.79. The summed E-state index contributed by atoms with van der Waals surface area (Å²) >= 11 is 0. The summed E-state index contributed by atoms with van der Waals surface area (Å²) in [6, 6.07) is 0. The van der Waals surface area contributed by atoms with Crippen LogP contribution in [-0.2, 0) is 4.79 Å². The van der Waals surface area contributed by atoms with Crippen LogP contribution in [0.1, 0.15) is 10.4 Å². The van der Waals surface area contributed by atoms with Crippen LogP contribution in [0.15, 0.2) is 6.20 Å². The summed E-state index contributed by atoms with van der Waals surface area (Å²) in [4.78, 5) is 21.7. The van der Waals surface area contributed by atoms with Gasteiger partial charge in [-0.05, 0) is 7.05 Å². The van der Waals surface area contributed by atoms with Gasteiger partial charge in [0.1, 0.15) is 11.4 Å². The fraction of sp³-hybridized carbons (Fsp3) is 0.286. The van der Waals surface area contributed by atoms with E-state index in [1.54, 1.807) is 7.05 Å². The van der Waals surface area contributed by atoms with E-state index in [0.29, 0.717) is 0 Å². The van der Waals surface area contributed by atoms with Crippen LogP contribution in [0.25, 0.3) is 0 Å². The Morgan fingerprint density at radius 1 is 1.64 bits per heavy atom. The minimum atomic E-state index is -1.14. The molecule has 0 aliphatic heterocycles. The van der Waals surface area contributed by atoms with Gasteiger partial charge in [0.25, 0.3) is 0 Å². The number of hydrogen-bond acceptors (Lipinski definition) is 4. The zero-order valence-corrected chi connectivity index (χ0v) is 7.50. The van der Waals surface area contributed by atoms with Crippen LogP contribution in [0.3, 0.4) is 0 Å². The van der Waals surface area contributed by atoms with E-state index in [0.717, 1.165) is 6.20 Å². The van der Waals surface area contributed by atoms with E-state index < -0.39 is 5.97 Å². The third-order valence-corrected chi connectivity index (χ3v) is 1.47. The van der Waals surface area contributed by atoms with Crippen LogP contribution in [0.5, 0.6) is 0 Å². The summed E-state index contributed by atoms with van der Waals surface area (Å²) in [5, 5.41) is 19.6. The minimum absolute atomic E-state index is 0.0607. The number of anilines is 1. The van der Waals surface area contributed by atoms with Gasteiger partial charge in [0.2, 0.25) is 5.91 Å². The molecule has 7 heteroatoms. The van der Waals surface area contributed by atoms with E-state index >= 15 is 0 Å². The molecule has 0 radical (unpaired) electrons. The molecular formula is C7H10N4O3. The van der Waals surface area contributed by atoms with Crippen LogP contribution >= 0.6 is 0 Å². The second kappa shape index (κ2) is 4.38. The van der Waals surface area contributed by atoms with E-state index in [-0.39, 0.29) is 23.8 Å². The summed E-state index contributed by atoms with van der Waals surface area (Å²) in [7, 11) is 1.62. The summed E-state index contributed by atoms with van der Waals surface area (Å²) in [5.74, 6) is -1.38. The Labute approximate surface area is 79.5 Å². The average molecular weight is 198 g/mol. The Morgan fingerprint density at radius 3 is 2.93 bits per heavy atom. The molecule has 0 saturated carbocycles. The number of carboxylic acids is 1. The first-order valence-corrected chi connectivity index (χ1v) is 3.86. The second-order valence-corrected chi connectivity index (χ2v) is 2.54. The van der Waals surface area contributed by atoms with Crippen molar-refractivity contribution in [3.05, 3.63) is 11.8 Å². The van der Waals surface area contributed by atoms with Crippen LogP contribution in [-0.4, -0.2) is 40.8 Å². The second-order valence-electron chi connectivity index (χ2n) is 2.54. The molecule has 7 nitrogen and oxygen atoms in total. The maximum atomic E-state index is 11.1. The molecule has 1 heterocycles. The van der Waals surface area contributed by atoms with Gasteiger partial charge in [-0.25, -0.2) is 4.79 Å². The Balaban J connectivity index is 2.71. The lowest BCUT2D eigenvalue weighted by Gasteiger charge is -2.02. The van der Waals surface area contributed by atoms with Crippen molar-refractivity contribution in [1.82, 2.24) is 15.5 Å². The highest BCUT2D eigenvalue weighted by molar-refractivity contribution is 5.99. The van der Waals surface area contributed by atoms with Gasteiger partial charge in [-0.2, -0.15) is 5.10 Å². The number of likely N-dealkylation sites (N-methyl/N-ethyl adjacent to an activating group) is 1. The molecule has 0 fully saturated rings. The molecule has 0 atom stereocenters. The molecule has 0 spiro atoms. The fourth-order valence-corrected chi connectivity index (χ4v) is 0.888. The molecule has 1 aromatic rings. The van der Waals surface area contributed by atoms with Crippen molar-refractivity contribution in [2.45, 2.75) is 0 Å². The lowest BCUT2D eigenvalue weighted by Crippen LogP contribution is -2.25. The molecule has 0 bridgehead atoms. The van der Waals surface area contributed by atoms with Crippen molar-refractivity contribution in [2.75, 3.05) is 18.9 Å². The first kappa shape index (κ1) is 10.2. The lowest BCUT2D eigenvalue weighted by molar-refractivity contribution is -0.115. The summed E-state index contributed by atoms with van der Waals surface area (Å²) in [5.41, 5.74) is -0.0607. The van der Waals surface area contributed by atoms with Gasteiger partial charge in [0.15, 0.2) is 0 Å². The van der Waals surface area contributed by atoms with E-state index in [2.05, 4.69) is 20.8 Å². The highest BCUT2D eigenvalue weighted by atomic mass is 16.4. The van der Waals surface area contributed by atoms with Gasteiger partial charge < -0.3 is 15.7 Å². The zero-order chi connectivity index (χ0) is 10.6. The molecule has 1 amide bonds. The molecular weight excluding hydrogens is 188 g/mol.